The predicted molar refractivity (Wildman–Crippen MR) is 89.9 cm³/mol. The lowest BCUT2D eigenvalue weighted by Gasteiger charge is -2.16. The average Bonchev–Trinajstić information content (AvgIpc) is 2.98. The summed E-state index contributed by atoms with van der Waals surface area (Å²) in [5.74, 6) is 1.54. The standard InChI is InChI=1S/C17H23NO2S/c1-5-14-8-10-17(21-14)12(3)18-13-7-9-15(20-6-2)16(11-13)19-4/h7-12,18H,5-6H2,1-4H3. The van der Waals surface area contributed by atoms with Crippen molar-refractivity contribution in [2.24, 2.45) is 0 Å². The van der Waals surface area contributed by atoms with Crippen LogP contribution in [0.15, 0.2) is 30.3 Å². The zero-order valence-electron chi connectivity index (χ0n) is 13.1. The van der Waals surface area contributed by atoms with E-state index in [1.54, 1.807) is 7.11 Å². The van der Waals surface area contributed by atoms with Gasteiger partial charge in [-0.1, -0.05) is 6.92 Å². The van der Waals surface area contributed by atoms with Gasteiger partial charge >= 0.3 is 0 Å². The van der Waals surface area contributed by atoms with Gasteiger partial charge in [-0.15, -0.1) is 11.3 Å². The Bertz CT molecular complexity index is 580. The van der Waals surface area contributed by atoms with Crippen molar-refractivity contribution < 1.29 is 9.47 Å². The molecule has 1 aromatic heterocycles. The van der Waals surface area contributed by atoms with Crippen molar-refractivity contribution in [3.05, 3.63) is 40.1 Å². The highest BCUT2D eigenvalue weighted by atomic mass is 32.1. The van der Waals surface area contributed by atoms with Crippen molar-refractivity contribution in [1.29, 1.82) is 0 Å². The number of nitrogens with one attached hydrogen (secondary N) is 1. The molecule has 0 amide bonds. The number of hydrogen-bond donors (Lipinski definition) is 1. The molecule has 2 rings (SSSR count). The smallest absolute Gasteiger partial charge is 0.162 e. The highest BCUT2D eigenvalue weighted by Crippen LogP contribution is 2.32. The lowest BCUT2D eigenvalue weighted by Crippen LogP contribution is -2.05. The van der Waals surface area contributed by atoms with Gasteiger partial charge in [-0.05, 0) is 44.5 Å². The minimum atomic E-state index is 0.276. The molecule has 0 bridgehead atoms. The molecule has 1 heterocycles. The lowest BCUT2D eigenvalue weighted by atomic mass is 10.2. The Morgan fingerprint density at radius 1 is 1.14 bits per heavy atom. The number of benzene rings is 1. The normalized spacial score (nSPS) is 12.0. The van der Waals surface area contributed by atoms with Crippen LogP contribution in [0.4, 0.5) is 5.69 Å². The van der Waals surface area contributed by atoms with E-state index in [4.69, 9.17) is 9.47 Å². The maximum atomic E-state index is 5.54. The molecule has 0 radical (unpaired) electrons. The van der Waals surface area contributed by atoms with E-state index in [-0.39, 0.29) is 6.04 Å². The summed E-state index contributed by atoms with van der Waals surface area (Å²) in [6.07, 6.45) is 1.09. The first kappa shape index (κ1) is 15.7. The molecule has 0 saturated carbocycles. The van der Waals surface area contributed by atoms with Crippen molar-refractivity contribution in [3.63, 3.8) is 0 Å². The zero-order chi connectivity index (χ0) is 15.2. The molecule has 21 heavy (non-hydrogen) atoms. The summed E-state index contributed by atoms with van der Waals surface area (Å²) in [5, 5.41) is 3.51. The van der Waals surface area contributed by atoms with Gasteiger partial charge in [0.05, 0.1) is 19.8 Å². The third-order valence-electron chi connectivity index (χ3n) is 3.30. The summed E-state index contributed by atoms with van der Waals surface area (Å²) < 4.78 is 10.9. The van der Waals surface area contributed by atoms with E-state index in [0.29, 0.717) is 6.61 Å². The maximum absolute atomic E-state index is 5.54. The van der Waals surface area contributed by atoms with Crippen LogP contribution in [0, 0.1) is 0 Å². The molecular weight excluding hydrogens is 282 g/mol. The molecule has 0 spiro atoms. The minimum Gasteiger partial charge on any atom is -0.493 e. The molecule has 114 valence electrons. The summed E-state index contributed by atoms with van der Waals surface area (Å²) >= 11 is 1.86. The molecule has 1 aromatic carbocycles. The van der Waals surface area contributed by atoms with Crippen LogP contribution in [-0.4, -0.2) is 13.7 Å². The summed E-state index contributed by atoms with van der Waals surface area (Å²) in [6, 6.07) is 10.6. The Hall–Kier alpha value is -1.68. The highest BCUT2D eigenvalue weighted by Gasteiger charge is 2.10. The third kappa shape index (κ3) is 3.91. The first-order valence-corrected chi connectivity index (χ1v) is 8.15. The van der Waals surface area contributed by atoms with Gasteiger partial charge in [-0.3, -0.25) is 0 Å². The van der Waals surface area contributed by atoms with Gasteiger partial charge < -0.3 is 14.8 Å². The molecule has 0 fully saturated rings. The number of methoxy groups -OCH3 is 1. The van der Waals surface area contributed by atoms with Gasteiger partial charge in [-0.25, -0.2) is 0 Å². The number of thiophene rings is 1. The molecule has 0 aliphatic heterocycles. The molecule has 3 nitrogen and oxygen atoms in total. The van der Waals surface area contributed by atoms with E-state index >= 15 is 0 Å². The topological polar surface area (TPSA) is 30.5 Å². The minimum absolute atomic E-state index is 0.276. The Morgan fingerprint density at radius 3 is 2.57 bits per heavy atom. The SMILES string of the molecule is CCOc1ccc(NC(C)c2ccc(CC)s2)cc1OC. The van der Waals surface area contributed by atoms with Crippen LogP contribution < -0.4 is 14.8 Å². The number of rotatable bonds is 7. The van der Waals surface area contributed by atoms with Gasteiger partial charge in [0.2, 0.25) is 0 Å². The molecule has 1 atom stereocenters. The molecule has 1 N–H and O–H groups in total. The van der Waals surface area contributed by atoms with Gasteiger partial charge in [-0.2, -0.15) is 0 Å². The van der Waals surface area contributed by atoms with Gasteiger partial charge in [0.15, 0.2) is 11.5 Å². The fraction of sp³-hybridized carbons (Fsp3) is 0.412. The van der Waals surface area contributed by atoms with Crippen molar-refractivity contribution in [2.45, 2.75) is 33.2 Å². The second-order valence-electron chi connectivity index (χ2n) is 4.82. The molecule has 2 aromatic rings. The van der Waals surface area contributed by atoms with Crippen molar-refractivity contribution >= 4 is 17.0 Å². The van der Waals surface area contributed by atoms with E-state index in [2.05, 4.69) is 31.3 Å². The van der Waals surface area contributed by atoms with Crippen LogP contribution in [0.3, 0.4) is 0 Å². The quantitative estimate of drug-likeness (QED) is 0.790. The molecule has 1 unspecified atom stereocenters. The molecule has 0 aliphatic rings. The second-order valence-corrected chi connectivity index (χ2v) is 6.02. The van der Waals surface area contributed by atoms with E-state index in [0.717, 1.165) is 23.6 Å². The van der Waals surface area contributed by atoms with Crippen molar-refractivity contribution in [1.82, 2.24) is 0 Å². The second kappa shape index (κ2) is 7.36. The summed E-state index contributed by atoms with van der Waals surface area (Å²) in [7, 11) is 1.66. The van der Waals surface area contributed by atoms with Gasteiger partial charge in [0.25, 0.3) is 0 Å². The van der Waals surface area contributed by atoms with E-state index in [1.165, 1.54) is 9.75 Å². The Balaban J connectivity index is 2.11. The molecular formula is C17H23NO2S. The van der Waals surface area contributed by atoms with E-state index in [1.807, 2.05) is 36.5 Å². The lowest BCUT2D eigenvalue weighted by molar-refractivity contribution is 0.311. The van der Waals surface area contributed by atoms with Crippen LogP contribution >= 0.6 is 11.3 Å². The molecule has 4 heteroatoms. The Morgan fingerprint density at radius 2 is 1.95 bits per heavy atom. The summed E-state index contributed by atoms with van der Waals surface area (Å²) in [4.78, 5) is 2.77. The maximum Gasteiger partial charge on any atom is 0.162 e. The van der Waals surface area contributed by atoms with Gasteiger partial charge in [0, 0.05) is 21.5 Å². The van der Waals surface area contributed by atoms with Crippen LogP contribution in [0.1, 0.15) is 36.6 Å². The fourth-order valence-electron chi connectivity index (χ4n) is 2.17. The van der Waals surface area contributed by atoms with Gasteiger partial charge in [0.1, 0.15) is 0 Å². The largest absolute Gasteiger partial charge is 0.493 e. The van der Waals surface area contributed by atoms with Crippen LogP contribution in [0.2, 0.25) is 0 Å². The predicted octanol–water partition coefficient (Wildman–Crippen LogP) is 4.89. The summed E-state index contributed by atoms with van der Waals surface area (Å²) in [5.41, 5.74) is 1.04. The number of hydrogen-bond acceptors (Lipinski definition) is 4. The zero-order valence-corrected chi connectivity index (χ0v) is 13.9. The molecule has 0 aliphatic carbocycles. The van der Waals surface area contributed by atoms with Crippen LogP contribution in [0.5, 0.6) is 11.5 Å². The van der Waals surface area contributed by atoms with E-state index < -0.39 is 0 Å². The van der Waals surface area contributed by atoms with Crippen LogP contribution in [0.25, 0.3) is 0 Å². The number of aryl methyl sites for hydroxylation is 1. The summed E-state index contributed by atoms with van der Waals surface area (Å²) in [6.45, 7) is 6.96. The fourth-order valence-corrected chi connectivity index (χ4v) is 3.13. The number of ether oxygens (including phenoxy) is 2. The Kier molecular flexibility index (Phi) is 5.51. The number of anilines is 1. The monoisotopic (exact) mass is 305 g/mol. The van der Waals surface area contributed by atoms with Crippen molar-refractivity contribution in [3.8, 4) is 11.5 Å². The first-order chi connectivity index (χ1) is 10.2. The first-order valence-electron chi connectivity index (χ1n) is 7.33. The highest BCUT2D eigenvalue weighted by molar-refractivity contribution is 7.12. The Labute approximate surface area is 130 Å². The van der Waals surface area contributed by atoms with Crippen LogP contribution in [-0.2, 0) is 6.42 Å². The average molecular weight is 305 g/mol. The van der Waals surface area contributed by atoms with Crippen molar-refractivity contribution in [2.75, 3.05) is 19.0 Å². The molecule has 0 saturated heterocycles. The van der Waals surface area contributed by atoms with E-state index in [9.17, 15) is 0 Å². The third-order valence-corrected chi connectivity index (χ3v) is 4.72.